The van der Waals surface area contributed by atoms with Crippen LogP contribution in [0.25, 0.3) is 0 Å². The van der Waals surface area contributed by atoms with Crippen molar-refractivity contribution in [2.24, 2.45) is 0 Å². The highest BCUT2D eigenvalue weighted by Gasteiger charge is 2.19. The van der Waals surface area contributed by atoms with Crippen LogP contribution in [0.2, 0.25) is 0 Å². The molecular weight excluding hydrogens is 401 g/mol. The molecule has 0 aliphatic heterocycles. The van der Waals surface area contributed by atoms with Crippen molar-refractivity contribution in [1.82, 2.24) is 0 Å². The minimum absolute atomic E-state index is 0.0866. The first-order chi connectivity index (χ1) is 8.90. The lowest BCUT2D eigenvalue weighted by molar-refractivity contribution is 0.582. The summed E-state index contributed by atoms with van der Waals surface area (Å²) in [5, 5.41) is -0.736. The van der Waals surface area contributed by atoms with Crippen LogP contribution in [-0.2, 0) is 0 Å². The molecule has 19 heavy (non-hydrogen) atoms. The Morgan fingerprint density at radius 3 is 2.37 bits per heavy atom. The summed E-state index contributed by atoms with van der Waals surface area (Å²) in [5.41, 5.74) is 1.80. The molecule has 0 saturated heterocycles. The van der Waals surface area contributed by atoms with E-state index in [1.54, 1.807) is 0 Å². The molecule has 0 bridgehead atoms. The molecule has 2 aromatic carbocycles. The number of aryl methyl sites for hydroxylation is 1. The summed E-state index contributed by atoms with van der Waals surface area (Å²) in [5.74, 6) is -1.07. The minimum atomic E-state index is -0.736. The van der Waals surface area contributed by atoms with E-state index in [4.69, 9.17) is 11.6 Å². The van der Waals surface area contributed by atoms with E-state index in [-0.39, 0.29) is 10.0 Å². The fourth-order valence-electron chi connectivity index (χ4n) is 1.78. The third-order valence-electron chi connectivity index (χ3n) is 2.83. The summed E-state index contributed by atoms with van der Waals surface area (Å²) in [6, 6.07) is 7.78. The number of hydrogen-bond donors (Lipinski definition) is 0. The van der Waals surface area contributed by atoms with Crippen LogP contribution in [0, 0.1) is 18.6 Å². The SMILES string of the molecule is Cc1ccc(Br)cc1C(Cl)c1cc(F)c(Br)cc1F. The minimum Gasteiger partial charge on any atom is -0.207 e. The predicted octanol–water partition coefficient (Wildman–Crippen LogP) is 6.13. The molecule has 5 heteroatoms. The molecule has 0 spiro atoms. The zero-order valence-electron chi connectivity index (χ0n) is 9.85. The van der Waals surface area contributed by atoms with Crippen LogP contribution in [0.5, 0.6) is 0 Å². The molecular formula is C14H9Br2ClF2. The van der Waals surface area contributed by atoms with Crippen LogP contribution < -0.4 is 0 Å². The van der Waals surface area contributed by atoms with Crippen molar-refractivity contribution in [3.63, 3.8) is 0 Å². The van der Waals surface area contributed by atoms with Crippen molar-refractivity contribution in [1.29, 1.82) is 0 Å². The first-order valence-corrected chi connectivity index (χ1v) is 7.47. The summed E-state index contributed by atoms with van der Waals surface area (Å²) in [4.78, 5) is 0. The van der Waals surface area contributed by atoms with E-state index >= 15 is 0 Å². The van der Waals surface area contributed by atoms with Gasteiger partial charge >= 0.3 is 0 Å². The third kappa shape index (κ3) is 3.18. The lowest BCUT2D eigenvalue weighted by Crippen LogP contribution is -2.01. The molecule has 0 aromatic heterocycles. The molecule has 2 rings (SSSR count). The average Bonchev–Trinajstić information content (AvgIpc) is 2.36. The topological polar surface area (TPSA) is 0 Å². The van der Waals surface area contributed by atoms with Gasteiger partial charge in [0.05, 0.1) is 9.85 Å². The number of alkyl halides is 1. The van der Waals surface area contributed by atoms with Gasteiger partial charge in [-0.1, -0.05) is 22.0 Å². The Hall–Kier alpha value is -0.450. The van der Waals surface area contributed by atoms with Gasteiger partial charge in [-0.2, -0.15) is 0 Å². The highest BCUT2D eigenvalue weighted by atomic mass is 79.9. The van der Waals surface area contributed by atoms with Crippen molar-refractivity contribution in [2.75, 3.05) is 0 Å². The molecule has 0 nitrogen and oxygen atoms in total. The van der Waals surface area contributed by atoms with Crippen LogP contribution in [0.4, 0.5) is 8.78 Å². The molecule has 1 unspecified atom stereocenters. The van der Waals surface area contributed by atoms with Gasteiger partial charge in [0.25, 0.3) is 0 Å². The second-order valence-electron chi connectivity index (χ2n) is 4.15. The van der Waals surface area contributed by atoms with E-state index in [2.05, 4.69) is 31.9 Å². The van der Waals surface area contributed by atoms with E-state index in [0.717, 1.165) is 27.7 Å². The van der Waals surface area contributed by atoms with Gasteiger partial charge in [-0.25, -0.2) is 8.78 Å². The van der Waals surface area contributed by atoms with Crippen LogP contribution in [0.1, 0.15) is 22.1 Å². The zero-order chi connectivity index (χ0) is 14.2. The summed E-state index contributed by atoms with van der Waals surface area (Å²) in [6.07, 6.45) is 0. The van der Waals surface area contributed by atoms with Crippen molar-refractivity contribution < 1.29 is 8.78 Å². The van der Waals surface area contributed by atoms with E-state index in [1.807, 2.05) is 25.1 Å². The number of rotatable bonds is 2. The number of halogens is 5. The molecule has 0 aliphatic carbocycles. The fraction of sp³-hybridized carbons (Fsp3) is 0.143. The molecule has 0 N–H and O–H groups in total. The maximum Gasteiger partial charge on any atom is 0.137 e. The maximum absolute atomic E-state index is 13.9. The summed E-state index contributed by atoms with van der Waals surface area (Å²) < 4.78 is 28.4. The number of benzene rings is 2. The molecule has 100 valence electrons. The largest absolute Gasteiger partial charge is 0.207 e. The van der Waals surface area contributed by atoms with E-state index < -0.39 is 17.0 Å². The maximum atomic E-state index is 13.9. The predicted molar refractivity (Wildman–Crippen MR) is 80.6 cm³/mol. The Morgan fingerprint density at radius 1 is 1.00 bits per heavy atom. The van der Waals surface area contributed by atoms with Crippen molar-refractivity contribution >= 4 is 43.5 Å². The average molecular weight is 410 g/mol. The second-order valence-corrected chi connectivity index (χ2v) is 6.36. The Bertz CT molecular complexity index is 629. The van der Waals surface area contributed by atoms with E-state index in [1.165, 1.54) is 0 Å². The smallest absolute Gasteiger partial charge is 0.137 e. The molecule has 0 heterocycles. The van der Waals surface area contributed by atoms with E-state index in [9.17, 15) is 8.78 Å². The van der Waals surface area contributed by atoms with Gasteiger partial charge in [0.2, 0.25) is 0 Å². The van der Waals surface area contributed by atoms with Gasteiger partial charge < -0.3 is 0 Å². The monoisotopic (exact) mass is 408 g/mol. The lowest BCUT2D eigenvalue weighted by atomic mass is 9.99. The fourth-order valence-corrected chi connectivity index (χ4v) is 2.88. The lowest BCUT2D eigenvalue weighted by Gasteiger charge is -2.15. The zero-order valence-corrected chi connectivity index (χ0v) is 13.8. The second kappa shape index (κ2) is 5.90. The van der Waals surface area contributed by atoms with Crippen LogP contribution in [0.15, 0.2) is 39.3 Å². The van der Waals surface area contributed by atoms with Gasteiger partial charge in [0.15, 0.2) is 0 Å². The molecule has 1 atom stereocenters. The molecule has 0 radical (unpaired) electrons. The quantitative estimate of drug-likeness (QED) is 0.413. The van der Waals surface area contributed by atoms with Crippen molar-refractivity contribution in [2.45, 2.75) is 12.3 Å². The molecule has 0 saturated carbocycles. The number of hydrogen-bond acceptors (Lipinski definition) is 0. The van der Waals surface area contributed by atoms with Crippen LogP contribution >= 0.6 is 43.5 Å². The Labute approximate surface area is 132 Å². The summed E-state index contributed by atoms with van der Waals surface area (Å²) in [6.45, 7) is 1.88. The highest BCUT2D eigenvalue weighted by Crippen LogP contribution is 2.35. The van der Waals surface area contributed by atoms with Crippen molar-refractivity contribution in [3.05, 3.63) is 67.6 Å². The Morgan fingerprint density at radius 2 is 1.68 bits per heavy atom. The summed E-state index contributed by atoms with van der Waals surface area (Å²) >= 11 is 12.6. The highest BCUT2D eigenvalue weighted by molar-refractivity contribution is 9.10. The van der Waals surface area contributed by atoms with Gasteiger partial charge in [-0.15, -0.1) is 11.6 Å². The van der Waals surface area contributed by atoms with Crippen molar-refractivity contribution in [3.8, 4) is 0 Å². The molecule has 0 aliphatic rings. The molecule has 0 amide bonds. The standard InChI is InChI=1S/C14H9Br2ClF2/c1-7-2-3-8(15)4-9(7)14(17)10-5-13(19)11(16)6-12(10)18/h2-6,14H,1H3. The molecule has 2 aromatic rings. The molecule has 0 fully saturated rings. The first kappa shape index (κ1) is 14.9. The van der Waals surface area contributed by atoms with Crippen LogP contribution in [0.3, 0.4) is 0 Å². The van der Waals surface area contributed by atoms with Gasteiger partial charge in [0, 0.05) is 10.0 Å². The normalized spacial score (nSPS) is 12.5. The Balaban J connectivity index is 2.52. The Kier molecular flexibility index (Phi) is 4.64. The van der Waals surface area contributed by atoms with Crippen LogP contribution in [-0.4, -0.2) is 0 Å². The third-order valence-corrected chi connectivity index (χ3v) is 4.40. The van der Waals surface area contributed by atoms with Gasteiger partial charge in [0.1, 0.15) is 11.6 Å². The summed E-state index contributed by atoms with van der Waals surface area (Å²) in [7, 11) is 0. The first-order valence-electron chi connectivity index (χ1n) is 5.44. The van der Waals surface area contributed by atoms with Gasteiger partial charge in [-0.3, -0.25) is 0 Å². The van der Waals surface area contributed by atoms with E-state index in [0.29, 0.717) is 0 Å². The van der Waals surface area contributed by atoms with Gasteiger partial charge in [-0.05, 0) is 58.2 Å².